The Morgan fingerprint density at radius 2 is 1.91 bits per heavy atom. The molecule has 1 amide bonds. The highest BCUT2D eigenvalue weighted by Crippen LogP contribution is 2.15. The molecule has 4 nitrogen and oxygen atoms in total. The molecule has 0 heterocycles. The zero-order chi connectivity index (χ0) is 15.6. The molecule has 22 heavy (non-hydrogen) atoms. The molecule has 2 rings (SSSR count). The van der Waals surface area contributed by atoms with Gasteiger partial charge in [-0.3, -0.25) is 4.79 Å². The van der Waals surface area contributed by atoms with Gasteiger partial charge < -0.3 is 10.2 Å². The predicted octanol–water partition coefficient (Wildman–Crippen LogP) is 3.19. The Bertz CT molecular complexity index is 612. The number of nitrogens with zero attached hydrogens (tertiary/aromatic N) is 1. The number of benzene rings is 2. The Labute approximate surface area is 134 Å². The van der Waals surface area contributed by atoms with Crippen molar-refractivity contribution in [1.82, 2.24) is 5.32 Å². The molecule has 0 saturated heterocycles. The van der Waals surface area contributed by atoms with Crippen LogP contribution < -0.4 is 5.32 Å². The van der Waals surface area contributed by atoms with Gasteiger partial charge in [-0.15, -0.1) is 11.8 Å². The minimum absolute atomic E-state index is 0.0658. The molecule has 5 heteroatoms. The van der Waals surface area contributed by atoms with Crippen LogP contribution in [0.2, 0.25) is 0 Å². The Morgan fingerprint density at radius 3 is 2.59 bits per heavy atom. The van der Waals surface area contributed by atoms with Gasteiger partial charge in [0.05, 0.1) is 6.21 Å². The summed E-state index contributed by atoms with van der Waals surface area (Å²) in [5.74, 6) is 0.776. The summed E-state index contributed by atoms with van der Waals surface area (Å²) in [7, 11) is 1.49. The maximum Gasteiger partial charge on any atom is 0.251 e. The Kier molecular flexibility index (Phi) is 6.51. The molecule has 0 bridgehead atoms. The van der Waals surface area contributed by atoms with E-state index in [4.69, 9.17) is 0 Å². The third-order valence-electron chi connectivity index (χ3n) is 2.88. The summed E-state index contributed by atoms with van der Waals surface area (Å²) in [6, 6.07) is 17.3. The highest BCUT2D eigenvalue weighted by Gasteiger charge is 2.04. The highest BCUT2D eigenvalue weighted by atomic mass is 32.2. The van der Waals surface area contributed by atoms with Gasteiger partial charge in [-0.2, -0.15) is 0 Å². The Hall–Kier alpha value is -2.27. The van der Waals surface area contributed by atoms with Crippen LogP contribution in [0, 0.1) is 0 Å². The van der Waals surface area contributed by atoms with Crippen molar-refractivity contribution in [2.75, 3.05) is 19.4 Å². The number of rotatable bonds is 7. The molecule has 0 fully saturated rings. The molecule has 0 radical (unpaired) electrons. The quantitative estimate of drug-likeness (QED) is 0.369. The molecular weight excluding hydrogens is 296 g/mol. The van der Waals surface area contributed by atoms with Gasteiger partial charge in [0.25, 0.3) is 5.91 Å². The third-order valence-corrected chi connectivity index (χ3v) is 3.89. The van der Waals surface area contributed by atoms with E-state index in [1.165, 1.54) is 12.0 Å². The van der Waals surface area contributed by atoms with Gasteiger partial charge in [-0.25, -0.2) is 0 Å². The van der Waals surface area contributed by atoms with Crippen LogP contribution >= 0.6 is 11.8 Å². The smallest absolute Gasteiger partial charge is 0.251 e. The lowest BCUT2D eigenvalue weighted by atomic mass is 10.1. The molecule has 2 aromatic carbocycles. The number of carbonyl (C=O) groups is 1. The second-order valence-corrected chi connectivity index (χ2v) is 5.62. The molecule has 0 aromatic heterocycles. The summed E-state index contributed by atoms with van der Waals surface area (Å²) < 4.78 is 0. The molecule has 0 aliphatic rings. The first-order chi connectivity index (χ1) is 10.8. The number of amides is 1. The fourth-order valence-corrected chi connectivity index (χ4v) is 2.58. The van der Waals surface area contributed by atoms with Crippen LogP contribution in [-0.2, 0) is 4.84 Å². The monoisotopic (exact) mass is 314 g/mol. The van der Waals surface area contributed by atoms with Crippen molar-refractivity contribution in [2.24, 2.45) is 5.16 Å². The average molecular weight is 314 g/mol. The largest absolute Gasteiger partial charge is 0.399 e. The van der Waals surface area contributed by atoms with Crippen molar-refractivity contribution >= 4 is 23.9 Å². The van der Waals surface area contributed by atoms with Crippen molar-refractivity contribution in [2.45, 2.75) is 4.90 Å². The lowest BCUT2D eigenvalue weighted by Crippen LogP contribution is -2.25. The number of thioether (sulfide) groups is 1. The summed E-state index contributed by atoms with van der Waals surface area (Å²) in [6.45, 7) is 0.630. The van der Waals surface area contributed by atoms with Crippen LogP contribution in [0.5, 0.6) is 0 Å². The Morgan fingerprint density at radius 1 is 1.18 bits per heavy atom. The van der Waals surface area contributed by atoms with Crippen molar-refractivity contribution in [3.8, 4) is 0 Å². The number of hydrogen-bond acceptors (Lipinski definition) is 4. The van der Waals surface area contributed by atoms with E-state index in [-0.39, 0.29) is 5.91 Å². The first kappa shape index (κ1) is 16.1. The number of oxime groups is 1. The minimum Gasteiger partial charge on any atom is -0.399 e. The number of hydrogen-bond donors (Lipinski definition) is 1. The summed E-state index contributed by atoms with van der Waals surface area (Å²) in [5, 5.41) is 6.59. The first-order valence-corrected chi connectivity index (χ1v) is 7.91. The molecular formula is C17H18N2O2S. The number of carbonyl (C=O) groups excluding carboxylic acids is 1. The van der Waals surface area contributed by atoms with Gasteiger partial charge in [-0.05, 0) is 29.8 Å². The molecule has 2 aromatic rings. The third kappa shape index (κ3) is 5.26. The Balaban J connectivity index is 1.76. The first-order valence-electron chi connectivity index (χ1n) is 6.92. The molecule has 0 atom stereocenters. The minimum atomic E-state index is -0.0658. The molecule has 0 unspecified atom stereocenters. The van der Waals surface area contributed by atoms with Crippen LogP contribution in [0.4, 0.5) is 0 Å². The van der Waals surface area contributed by atoms with Gasteiger partial charge in [-0.1, -0.05) is 35.5 Å². The summed E-state index contributed by atoms with van der Waals surface area (Å²) in [6.07, 6.45) is 1.60. The van der Waals surface area contributed by atoms with E-state index in [0.29, 0.717) is 12.1 Å². The molecule has 0 aliphatic carbocycles. The van der Waals surface area contributed by atoms with Crippen LogP contribution in [0.3, 0.4) is 0 Å². The standard InChI is InChI=1S/C17H18N2O2S/c1-21-19-13-14-7-9-15(10-8-14)17(20)18-11-12-22-16-5-3-2-4-6-16/h2-10,13H,11-12H2,1H3,(H,18,20)/b19-13+. The lowest BCUT2D eigenvalue weighted by Gasteiger charge is -2.05. The second-order valence-electron chi connectivity index (χ2n) is 4.46. The lowest BCUT2D eigenvalue weighted by molar-refractivity contribution is 0.0956. The van der Waals surface area contributed by atoms with Crippen molar-refractivity contribution in [3.63, 3.8) is 0 Å². The summed E-state index contributed by atoms with van der Waals surface area (Å²) >= 11 is 1.72. The predicted molar refractivity (Wildman–Crippen MR) is 90.5 cm³/mol. The molecule has 0 aliphatic heterocycles. The van der Waals surface area contributed by atoms with E-state index in [2.05, 4.69) is 27.4 Å². The van der Waals surface area contributed by atoms with E-state index in [0.717, 1.165) is 11.3 Å². The zero-order valence-electron chi connectivity index (χ0n) is 12.4. The van der Waals surface area contributed by atoms with Gasteiger partial charge in [0.1, 0.15) is 7.11 Å². The van der Waals surface area contributed by atoms with Gasteiger partial charge >= 0.3 is 0 Å². The van der Waals surface area contributed by atoms with Crippen molar-refractivity contribution in [1.29, 1.82) is 0 Å². The van der Waals surface area contributed by atoms with Crippen molar-refractivity contribution < 1.29 is 9.63 Å². The maximum absolute atomic E-state index is 12.0. The molecule has 0 saturated carbocycles. The average Bonchev–Trinajstić information content (AvgIpc) is 2.58. The van der Waals surface area contributed by atoms with E-state index < -0.39 is 0 Å². The van der Waals surface area contributed by atoms with Crippen LogP contribution in [-0.4, -0.2) is 31.5 Å². The molecule has 1 N–H and O–H groups in total. The van der Waals surface area contributed by atoms with Gasteiger partial charge in [0, 0.05) is 22.8 Å². The topological polar surface area (TPSA) is 50.7 Å². The van der Waals surface area contributed by atoms with E-state index >= 15 is 0 Å². The fraction of sp³-hybridized carbons (Fsp3) is 0.176. The SMILES string of the molecule is CO/N=C/c1ccc(C(=O)NCCSc2ccccc2)cc1. The second kappa shape index (κ2) is 8.89. The highest BCUT2D eigenvalue weighted by molar-refractivity contribution is 7.99. The van der Waals surface area contributed by atoms with Crippen LogP contribution in [0.15, 0.2) is 64.6 Å². The summed E-state index contributed by atoms with van der Waals surface area (Å²) in [5.41, 5.74) is 1.53. The van der Waals surface area contributed by atoms with Crippen LogP contribution in [0.25, 0.3) is 0 Å². The van der Waals surface area contributed by atoms with Gasteiger partial charge in [0.2, 0.25) is 0 Å². The van der Waals surface area contributed by atoms with E-state index in [1.807, 2.05) is 30.3 Å². The van der Waals surface area contributed by atoms with E-state index in [9.17, 15) is 4.79 Å². The molecule has 0 spiro atoms. The molecule has 114 valence electrons. The maximum atomic E-state index is 12.0. The number of nitrogens with one attached hydrogen (secondary N) is 1. The van der Waals surface area contributed by atoms with Crippen molar-refractivity contribution in [3.05, 3.63) is 65.7 Å². The van der Waals surface area contributed by atoms with Crippen LogP contribution in [0.1, 0.15) is 15.9 Å². The summed E-state index contributed by atoms with van der Waals surface area (Å²) in [4.78, 5) is 17.8. The van der Waals surface area contributed by atoms with Gasteiger partial charge in [0.15, 0.2) is 0 Å². The fourth-order valence-electron chi connectivity index (χ4n) is 1.79. The van der Waals surface area contributed by atoms with E-state index in [1.54, 1.807) is 30.1 Å². The normalized spacial score (nSPS) is 10.6. The zero-order valence-corrected chi connectivity index (χ0v) is 13.2.